The van der Waals surface area contributed by atoms with Gasteiger partial charge in [0.2, 0.25) is 17.7 Å². The third-order valence-electron chi connectivity index (χ3n) is 9.61. The number of para-hydroxylation sites is 2. The number of carboxylic acid groups (broad SMARTS) is 1. The van der Waals surface area contributed by atoms with Gasteiger partial charge in [0, 0.05) is 23.6 Å². The largest absolute Gasteiger partial charge is 0.479 e. The van der Waals surface area contributed by atoms with Crippen molar-refractivity contribution in [1.82, 2.24) is 20.2 Å². The van der Waals surface area contributed by atoms with Gasteiger partial charge in [-0.25, -0.2) is 9.78 Å². The number of benzene rings is 3. The summed E-state index contributed by atoms with van der Waals surface area (Å²) in [5, 5.41) is 17.2. The standard InChI is InChI=1S/C38H39N5O5/c44-34-32-22-28(48-35-29-19-12-13-20-30(29)40-33(41-35)25-14-6-4-7-15-25)24-43(32)36(45)31(39-27-17-9-5-10-18-27)21-11-3-1-2-8-16-26-23-38(26,42-34)37(46)47/h4-10,12-20,26,28,31-32,39H,1-3,11,21-24H2,(H,42,44)(H,46,47)/b16-8-/t26-,28-,31+,32+,38-/m1/s1. The first-order valence-corrected chi connectivity index (χ1v) is 16.7. The maximum Gasteiger partial charge on any atom is 0.330 e. The van der Waals surface area contributed by atoms with Crippen LogP contribution in [0.3, 0.4) is 0 Å². The van der Waals surface area contributed by atoms with E-state index in [-0.39, 0.29) is 24.8 Å². The Morgan fingerprint density at radius 3 is 2.48 bits per heavy atom. The number of aromatic nitrogens is 2. The molecule has 0 unspecified atom stereocenters. The lowest BCUT2D eigenvalue weighted by Crippen LogP contribution is -2.55. The number of hydrogen-bond acceptors (Lipinski definition) is 7. The molecule has 3 N–H and O–H groups in total. The van der Waals surface area contributed by atoms with Crippen molar-refractivity contribution in [3.8, 4) is 17.3 Å². The van der Waals surface area contributed by atoms with Gasteiger partial charge in [-0.15, -0.1) is 0 Å². The van der Waals surface area contributed by atoms with Crippen molar-refractivity contribution >= 4 is 34.4 Å². The summed E-state index contributed by atoms with van der Waals surface area (Å²) in [5.41, 5.74) is 0.988. The first kappa shape index (κ1) is 31.4. The van der Waals surface area contributed by atoms with E-state index >= 15 is 0 Å². The normalized spacial score (nSPS) is 26.7. The van der Waals surface area contributed by atoms with E-state index in [1.54, 1.807) is 4.90 Å². The molecule has 10 heteroatoms. The Kier molecular flexibility index (Phi) is 8.80. The smallest absolute Gasteiger partial charge is 0.330 e. The number of allylic oxidation sites excluding steroid dienone is 1. The zero-order chi connectivity index (χ0) is 33.1. The van der Waals surface area contributed by atoms with Crippen LogP contribution in [0.4, 0.5) is 5.69 Å². The number of rotatable bonds is 6. The highest BCUT2D eigenvalue weighted by Crippen LogP contribution is 2.45. The summed E-state index contributed by atoms with van der Waals surface area (Å²) in [4.78, 5) is 52.1. The van der Waals surface area contributed by atoms with E-state index in [1.165, 1.54) is 0 Å². The average molecular weight is 646 g/mol. The lowest BCUT2D eigenvalue weighted by Gasteiger charge is -2.30. The molecule has 2 amide bonds. The van der Waals surface area contributed by atoms with E-state index in [9.17, 15) is 19.5 Å². The number of nitrogens with zero attached hydrogens (tertiary/aromatic N) is 3. The Bertz CT molecular complexity index is 1830. The van der Waals surface area contributed by atoms with Crippen LogP contribution >= 0.6 is 0 Å². The number of amides is 2. The molecule has 1 aliphatic carbocycles. The molecule has 246 valence electrons. The number of fused-ring (bicyclic) bond motifs is 3. The second-order valence-electron chi connectivity index (χ2n) is 12.9. The number of aliphatic carboxylic acids is 1. The fraction of sp³-hybridized carbons (Fsp3) is 0.342. The van der Waals surface area contributed by atoms with Crippen LogP contribution in [-0.2, 0) is 14.4 Å². The number of carboxylic acids is 1. The number of ether oxygens (including phenoxy) is 1. The highest BCUT2D eigenvalue weighted by atomic mass is 16.5. The van der Waals surface area contributed by atoms with Crippen LogP contribution in [0.5, 0.6) is 5.88 Å². The molecule has 3 aliphatic rings. The summed E-state index contributed by atoms with van der Waals surface area (Å²) in [6.07, 6.45) is 7.97. The first-order valence-electron chi connectivity index (χ1n) is 16.7. The monoisotopic (exact) mass is 645 g/mol. The molecule has 1 saturated heterocycles. The van der Waals surface area contributed by atoms with Gasteiger partial charge in [-0.05, 0) is 49.9 Å². The molecule has 10 nitrogen and oxygen atoms in total. The van der Waals surface area contributed by atoms with Crippen molar-refractivity contribution in [3.05, 3.63) is 97.1 Å². The summed E-state index contributed by atoms with van der Waals surface area (Å²) >= 11 is 0. The van der Waals surface area contributed by atoms with Gasteiger partial charge in [-0.2, -0.15) is 4.98 Å². The summed E-state index contributed by atoms with van der Waals surface area (Å²) in [5.74, 6) is -1.19. The lowest BCUT2D eigenvalue weighted by atomic mass is 10.0. The molecule has 2 aliphatic heterocycles. The van der Waals surface area contributed by atoms with Gasteiger partial charge < -0.3 is 25.4 Å². The summed E-state index contributed by atoms with van der Waals surface area (Å²) in [6, 6.07) is 25.3. The Labute approximate surface area is 279 Å². The van der Waals surface area contributed by atoms with E-state index in [1.807, 2.05) is 97.1 Å². The van der Waals surface area contributed by atoms with Crippen LogP contribution in [0.15, 0.2) is 97.1 Å². The maximum atomic E-state index is 14.4. The minimum absolute atomic E-state index is 0.145. The molecule has 0 spiro atoms. The Balaban J connectivity index is 1.22. The van der Waals surface area contributed by atoms with Gasteiger partial charge in [-0.3, -0.25) is 9.59 Å². The maximum absolute atomic E-state index is 14.4. The van der Waals surface area contributed by atoms with Crippen LogP contribution in [0, 0.1) is 5.92 Å². The van der Waals surface area contributed by atoms with Gasteiger partial charge >= 0.3 is 5.97 Å². The highest BCUT2D eigenvalue weighted by molar-refractivity contribution is 5.96. The topological polar surface area (TPSA) is 134 Å². The van der Waals surface area contributed by atoms with Crippen molar-refractivity contribution in [2.24, 2.45) is 5.92 Å². The second kappa shape index (κ2) is 13.5. The van der Waals surface area contributed by atoms with Crippen LogP contribution in [0.2, 0.25) is 0 Å². The molecule has 5 atom stereocenters. The van der Waals surface area contributed by atoms with Crippen molar-refractivity contribution in [2.75, 3.05) is 11.9 Å². The summed E-state index contributed by atoms with van der Waals surface area (Å²) in [6.45, 7) is 0.145. The van der Waals surface area contributed by atoms with Gasteiger partial charge in [0.25, 0.3) is 0 Å². The molecule has 0 radical (unpaired) electrons. The van der Waals surface area contributed by atoms with E-state index in [0.717, 1.165) is 42.3 Å². The summed E-state index contributed by atoms with van der Waals surface area (Å²) < 4.78 is 6.58. The molecule has 1 aromatic heterocycles. The Hall–Kier alpha value is -5.25. The zero-order valence-electron chi connectivity index (χ0n) is 26.6. The molecular formula is C38H39N5O5. The minimum atomic E-state index is -1.38. The molecule has 3 aromatic carbocycles. The average Bonchev–Trinajstić information content (AvgIpc) is 3.64. The van der Waals surface area contributed by atoms with Gasteiger partial charge in [0.05, 0.1) is 17.4 Å². The van der Waals surface area contributed by atoms with Gasteiger partial charge in [0.15, 0.2) is 5.82 Å². The van der Waals surface area contributed by atoms with E-state index in [0.29, 0.717) is 30.1 Å². The summed E-state index contributed by atoms with van der Waals surface area (Å²) in [7, 11) is 0. The SMILES string of the molecule is O=C1N[C@]2(C(=O)O)C[C@H]2/C=C\CCCCC[C@H](Nc2ccccc2)C(=O)N2C[C@H](Oc3nc(-c4ccccc4)nc4ccccc34)C[C@@H]12. The molecule has 1 saturated carbocycles. The minimum Gasteiger partial charge on any atom is -0.479 e. The molecule has 2 fully saturated rings. The van der Waals surface area contributed by atoms with Crippen LogP contribution in [0.25, 0.3) is 22.3 Å². The van der Waals surface area contributed by atoms with Crippen molar-refractivity contribution in [3.63, 3.8) is 0 Å². The molecule has 7 rings (SSSR count). The molecular weight excluding hydrogens is 606 g/mol. The number of anilines is 1. The molecule has 0 bridgehead atoms. The number of hydrogen-bond donors (Lipinski definition) is 3. The number of carbonyl (C=O) groups is 3. The van der Waals surface area contributed by atoms with E-state index < -0.39 is 35.6 Å². The fourth-order valence-corrected chi connectivity index (χ4v) is 6.89. The Morgan fingerprint density at radius 2 is 1.69 bits per heavy atom. The van der Waals surface area contributed by atoms with E-state index in [4.69, 9.17) is 14.7 Å². The number of carbonyl (C=O) groups excluding carboxylic acids is 2. The predicted molar refractivity (Wildman–Crippen MR) is 182 cm³/mol. The van der Waals surface area contributed by atoms with Crippen LogP contribution in [-0.4, -0.2) is 68.0 Å². The van der Waals surface area contributed by atoms with Gasteiger partial charge in [-0.1, -0.05) is 85.7 Å². The first-order chi connectivity index (χ1) is 23.4. The third kappa shape index (κ3) is 6.47. The fourth-order valence-electron chi connectivity index (χ4n) is 6.89. The third-order valence-corrected chi connectivity index (χ3v) is 9.61. The van der Waals surface area contributed by atoms with Gasteiger partial charge in [0.1, 0.15) is 23.7 Å². The molecule has 3 heterocycles. The predicted octanol–water partition coefficient (Wildman–Crippen LogP) is 5.61. The van der Waals surface area contributed by atoms with Crippen molar-refractivity contribution in [2.45, 2.75) is 68.7 Å². The van der Waals surface area contributed by atoms with E-state index in [2.05, 4.69) is 10.6 Å². The molecule has 4 aromatic rings. The van der Waals surface area contributed by atoms with Crippen LogP contribution < -0.4 is 15.4 Å². The Morgan fingerprint density at radius 1 is 0.938 bits per heavy atom. The van der Waals surface area contributed by atoms with Crippen molar-refractivity contribution < 1.29 is 24.2 Å². The number of nitrogens with one attached hydrogen (secondary N) is 2. The molecule has 48 heavy (non-hydrogen) atoms. The van der Waals surface area contributed by atoms with Crippen molar-refractivity contribution in [1.29, 1.82) is 0 Å². The second-order valence-corrected chi connectivity index (χ2v) is 12.9. The zero-order valence-corrected chi connectivity index (χ0v) is 26.6. The quantitative estimate of drug-likeness (QED) is 0.231. The highest BCUT2D eigenvalue weighted by Gasteiger charge is 2.61. The van der Waals surface area contributed by atoms with Crippen LogP contribution in [0.1, 0.15) is 44.9 Å². The lowest BCUT2D eigenvalue weighted by molar-refractivity contribution is -0.145.